The van der Waals surface area contributed by atoms with Gasteiger partial charge in [-0.25, -0.2) is 4.98 Å². The lowest BCUT2D eigenvalue weighted by Gasteiger charge is -2.05. The van der Waals surface area contributed by atoms with Crippen LogP contribution in [0, 0.1) is 12.8 Å². The highest BCUT2D eigenvalue weighted by molar-refractivity contribution is 5.94. The molecule has 0 bridgehead atoms. The summed E-state index contributed by atoms with van der Waals surface area (Å²) < 4.78 is 0. The quantitative estimate of drug-likeness (QED) is 0.745. The number of nitrogens with zero attached hydrogens (tertiary/aromatic N) is 1. The Kier molecular flexibility index (Phi) is 2.11. The first-order valence-corrected chi connectivity index (χ1v) is 4.64. The minimum absolute atomic E-state index is 0.0181. The van der Waals surface area contributed by atoms with Crippen LogP contribution in [-0.2, 0) is 4.79 Å². The number of aromatic nitrogens is 1. The van der Waals surface area contributed by atoms with E-state index in [1.54, 1.807) is 6.07 Å². The van der Waals surface area contributed by atoms with Crippen molar-refractivity contribution >= 4 is 11.7 Å². The van der Waals surface area contributed by atoms with Crippen molar-refractivity contribution in [1.82, 2.24) is 4.98 Å². The number of aromatic hydroxyl groups is 1. The van der Waals surface area contributed by atoms with Crippen molar-refractivity contribution in [2.24, 2.45) is 5.92 Å². The first kappa shape index (κ1) is 8.99. The zero-order chi connectivity index (χ0) is 10.1. The molecule has 0 aliphatic heterocycles. The fourth-order valence-corrected chi connectivity index (χ4v) is 1.21. The summed E-state index contributed by atoms with van der Waals surface area (Å²) in [6.45, 7) is 1.81. The number of amides is 1. The van der Waals surface area contributed by atoms with Gasteiger partial charge in [-0.2, -0.15) is 0 Å². The van der Waals surface area contributed by atoms with Crippen LogP contribution in [-0.4, -0.2) is 16.0 Å². The highest BCUT2D eigenvalue weighted by atomic mass is 16.3. The molecule has 2 N–H and O–H groups in total. The van der Waals surface area contributed by atoms with Crippen LogP contribution in [0.3, 0.4) is 0 Å². The maximum atomic E-state index is 11.4. The third-order valence-corrected chi connectivity index (χ3v) is 2.20. The summed E-state index contributed by atoms with van der Waals surface area (Å²) >= 11 is 0. The number of carbonyl (C=O) groups is 1. The molecule has 4 heteroatoms. The van der Waals surface area contributed by atoms with Crippen molar-refractivity contribution in [3.63, 3.8) is 0 Å². The van der Waals surface area contributed by atoms with Crippen LogP contribution in [0.1, 0.15) is 18.5 Å². The lowest BCUT2D eigenvalue weighted by Crippen LogP contribution is -2.14. The molecule has 74 valence electrons. The summed E-state index contributed by atoms with van der Waals surface area (Å²) in [5.41, 5.74) is 0.772. The van der Waals surface area contributed by atoms with E-state index in [1.165, 1.54) is 6.07 Å². The molecule has 1 aliphatic carbocycles. The van der Waals surface area contributed by atoms with Crippen molar-refractivity contribution in [2.75, 3.05) is 5.32 Å². The Bertz CT molecular complexity index is 372. The van der Waals surface area contributed by atoms with Crippen LogP contribution >= 0.6 is 0 Å². The molecule has 0 atom stereocenters. The number of anilines is 1. The maximum absolute atomic E-state index is 11.4. The Morgan fingerprint density at radius 3 is 2.93 bits per heavy atom. The smallest absolute Gasteiger partial charge is 0.228 e. The highest BCUT2D eigenvalue weighted by Crippen LogP contribution is 2.31. The first-order valence-electron chi connectivity index (χ1n) is 4.64. The summed E-state index contributed by atoms with van der Waals surface area (Å²) in [4.78, 5) is 15.4. The van der Waals surface area contributed by atoms with Crippen LogP contribution in [0.25, 0.3) is 0 Å². The summed E-state index contributed by atoms with van der Waals surface area (Å²) in [5, 5.41) is 12.0. The number of pyridine rings is 1. The molecule has 0 spiro atoms. The van der Waals surface area contributed by atoms with Crippen LogP contribution in [0.2, 0.25) is 0 Å². The maximum Gasteiger partial charge on any atom is 0.228 e. The van der Waals surface area contributed by atoms with Gasteiger partial charge in [0.25, 0.3) is 0 Å². The Labute approximate surface area is 82.0 Å². The lowest BCUT2D eigenvalue weighted by molar-refractivity contribution is -0.117. The van der Waals surface area contributed by atoms with Gasteiger partial charge in [-0.1, -0.05) is 0 Å². The van der Waals surface area contributed by atoms with Crippen LogP contribution < -0.4 is 5.32 Å². The van der Waals surface area contributed by atoms with E-state index >= 15 is 0 Å². The van der Waals surface area contributed by atoms with Crippen molar-refractivity contribution in [3.8, 4) is 5.75 Å². The van der Waals surface area contributed by atoms with Gasteiger partial charge in [0.1, 0.15) is 0 Å². The first-order chi connectivity index (χ1) is 6.66. The van der Waals surface area contributed by atoms with E-state index in [0.29, 0.717) is 0 Å². The molecule has 1 aromatic rings. The van der Waals surface area contributed by atoms with Gasteiger partial charge in [0.05, 0.1) is 0 Å². The van der Waals surface area contributed by atoms with E-state index < -0.39 is 0 Å². The molecule has 0 unspecified atom stereocenters. The Morgan fingerprint density at radius 1 is 1.57 bits per heavy atom. The number of carbonyl (C=O) groups excluding carboxylic acids is 1. The SMILES string of the molecule is Cc1ccc(O)c(NC(=O)C2CC2)n1. The van der Waals surface area contributed by atoms with E-state index in [9.17, 15) is 9.90 Å². The van der Waals surface area contributed by atoms with Gasteiger partial charge in [-0.15, -0.1) is 0 Å². The molecule has 1 fully saturated rings. The largest absolute Gasteiger partial charge is 0.504 e. The standard InChI is InChI=1S/C10H12N2O2/c1-6-2-5-8(13)9(11-6)12-10(14)7-3-4-7/h2,5,7,13H,3-4H2,1H3,(H,11,12,14). The van der Waals surface area contributed by atoms with E-state index in [2.05, 4.69) is 10.3 Å². The Balaban J connectivity index is 2.14. The second-order valence-corrected chi connectivity index (χ2v) is 3.58. The molecule has 0 aromatic carbocycles. The van der Waals surface area contributed by atoms with Gasteiger partial charge in [0, 0.05) is 11.6 Å². The van der Waals surface area contributed by atoms with E-state index in [1.807, 2.05) is 6.92 Å². The average molecular weight is 192 g/mol. The number of rotatable bonds is 2. The average Bonchev–Trinajstić information content (AvgIpc) is 2.94. The topological polar surface area (TPSA) is 62.2 Å². The molecular formula is C10H12N2O2. The summed E-state index contributed by atoms with van der Waals surface area (Å²) in [6, 6.07) is 3.23. The van der Waals surface area contributed by atoms with Gasteiger partial charge < -0.3 is 10.4 Å². The zero-order valence-corrected chi connectivity index (χ0v) is 7.95. The van der Waals surface area contributed by atoms with Crippen LogP contribution in [0.4, 0.5) is 5.82 Å². The summed E-state index contributed by atoms with van der Waals surface area (Å²) in [5.74, 6) is 0.363. The molecule has 1 aliphatic rings. The number of hydrogen-bond acceptors (Lipinski definition) is 3. The lowest BCUT2D eigenvalue weighted by atomic mass is 10.3. The molecule has 1 amide bonds. The Hall–Kier alpha value is -1.58. The molecule has 1 aromatic heterocycles. The summed E-state index contributed by atoms with van der Waals surface area (Å²) in [6.07, 6.45) is 1.89. The highest BCUT2D eigenvalue weighted by Gasteiger charge is 2.30. The second kappa shape index (κ2) is 3.29. The summed E-state index contributed by atoms with van der Waals surface area (Å²) in [7, 11) is 0. The molecule has 0 saturated heterocycles. The minimum Gasteiger partial charge on any atom is -0.504 e. The van der Waals surface area contributed by atoms with Gasteiger partial charge >= 0.3 is 0 Å². The molecule has 14 heavy (non-hydrogen) atoms. The predicted octanol–water partition coefficient (Wildman–Crippen LogP) is 1.44. The molecule has 2 rings (SSSR count). The van der Waals surface area contributed by atoms with Gasteiger partial charge in [0.2, 0.25) is 5.91 Å². The molecule has 1 saturated carbocycles. The molecule has 1 heterocycles. The van der Waals surface area contributed by atoms with Crippen LogP contribution in [0.15, 0.2) is 12.1 Å². The van der Waals surface area contributed by atoms with Crippen molar-refractivity contribution in [3.05, 3.63) is 17.8 Å². The van der Waals surface area contributed by atoms with Crippen molar-refractivity contribution < 1.29 is 9.90 Å². The second-order valence-electron chi connectivity index (χ2n) is 3.58. The molecule has 4 nitrogen and oxygen atoms in total. The van der Waals surface area contributed by atoms with Crippen molar-refractivity contribution in [1.29, 1.82) is 0 Å². The molecule has 0 radical (unpaired) electrons. The Morgan fingerprint density at radius 2 is 2.29 bits per heavy atom. The fraction of sp³-hybridized carbons (Fsp3) is 0.400. The van der Waals surface area contributed by atoms with Gasteiger partial charge in [-0.05, 0) is 31.9 Å². The van der Waals surface area contributed by atoms with Crippen LogP contribution in [0.5, 0.6) is 5.75 Å². The van der Waals surface area contributed by atoms with E-state index in [4.69, 9.17) is 0 Å². The number of aryl methyl sites for hydroxylation is 1. The van der Waals surface area contributed by atoms with Gasteiger partial charge in [0.15, 0.2) is 11.6 Å². The van der Waals surface area contributed by atoms with Crippen molar-refractivity contribution in [2.45, 2.75) is 19.8 Å². The minimum atomic E-state index is -0.0431. The third kappa shape index (κ3) is 1.84. The fourth-order valence-electron chi connectivity index (χ4n) is 1.21. The monoisotopic (exact) mass is 192 g/mol. The normalized spacial score (nSPS) is 15.2. The zero-order valence-electron chi connectivity index (χ0n) is 7.95. The van der Waals surface area contributed by atoms with Gasteiger partial charge in [-0.3, -0.25) is 4.79 Å². The predicted molar refractivity (Wildman–Crippen MR) is 52.0 cm³/mol. The number of hydrogen-bond donors (Lipinski definition) is 2. The number of nitrogens with one attached hydrogen (secondary N) is 1. The third-order valence-electron chi connectivity index (χ3n) is 2.20. The van der Waals surface area contributed by atoms with E-state index in [-0.39, 0.29) is 23.4 Å². The molecular weight excluding hydrogens is 180 g/mol. The van der Waals surface area contributed by atoms with E-state index in [0.717, 1.165) is 18.5 Å².